The van der Waals surface area contributed by atoms with Crippen molar-refractivity contribution >= 4 is 34.8 Å². The van der Waals surface area contributed by atoms with E-state index in [0.29, 0.717) is 51.1 Å². The number of carbonyl (C=O) groups is 3. The lowest BCUT2D eigenvalue weighted by Gasteiger charge is -2.27. The minimum Gasteiger partial charge on any atom is -0.381 e. The standard InChI is InChI=1S/C36H42N6O4/c1-4-31-29(32(40-27-11-15-46-16-12-27)30-21-39-42(5-2)33(30)41-31)20-38-35(45)36(13-14-36)34(44)37-19-24-10-9-23(3)28(18-24)26-8-6-7-25(17-26)22-43/h6-10,17-18,21-22,27H,4-5,11-16,19-20H2,1-3H3,(H,37,44)(H,38,45)(H,40,41). The predicted molar refractivity (Wildman–Crippen MR) is 177 cm³/mol. The number of ether oxygens (including phenoxy) is 1. The number of hydrogen-bond donors (Lipinski definition) is 3. The minimum absolute atomic E-state index is 0.250. The smallest absolute Gasteiger partial charge is 0.235 e. The first-order chi connectivity index (χ1) is 22.4. The maximum atomic E-state index is 13.6. The van der Waals surface area contributed by atoms with Gasteiger partial charge < -0.3 is 20.7 Å². The van der Waals surface area contributed by atoms with Gasteiger partial charge >= 0.3 is 0 Å². The number of hydrogen-bond acceptors (Lipinski definition) is 7. The van der Waals surface area contributed by atoms with E-state index in [0.717, 1.165) is 69.4 Å². The van der Waals surface area contributed by atoms with Crippen molar-refractivity contribution in [3.8, 4) is 11.1 Å². The van der Waals surface area contributed by atoms with Crippen molar-refractivity contribution in [3.63, 3.8) is 0 Å². The van der Waals surface area contributed by atoms with Crippen LogP contribution in [0.1, 0.15) is 72.3 Å². The Morgan fingerprint density at radius 2 is 1.80 bits per heavy atom. The minimum atomic E-state index is -1.07. The highest BCUT2D eigenvalue weighted by Gasteiger charge is 2.56. The highest BCUT2D eigenvalue weighted by molar-refractivity contribution is 6.08. The molecule has 240 valence electrons. The summed E-state index contributed by atoms with van der Waals surface area (Å²) in [7, 11) is 0. The van der Waals surface area contributed by atoms with E-state index in [2.05, 4.69) is 28.0 Å². The second kappa shape index (κ2) is 13.4. The molecule has 10 heteroatoms. The van der Waals surface area contributed by atoms with Crippen molar-refractivity contribution < 1.29 is 19.1 Å². The van der Waals surface area contributed by atoms with Crippen LogP contribution in [0, 0.1) is 12.3 Å². The van der Waals surface area contributed by atoms with E-state index < -0.39 is 5.41 Å². The highest BCUT2D eigenvalue weighted by Crippen LogP contribution is 2.46. The Kier molecular flexibility index (Phi) is 9.17. The largest absolute Gasteiger partial charge is 0.381 e. The van der Waals surface area contributed by atoms with Gasteiger partial charge in [-0.15, -0.1) is 0 Å². The quantitative estimate of drug-likeness (QED) is 0.148. The van der Waals surface area contributed by atoms with Crippen LogP contribution in [0.15, 0.2) is 48.7 Å². The van der Waals surface area contributed by atoms with Crippen LogP contribution in [0.4, 0.5) is 5.69 Å². The zero-order valence-electron chi connectivity index (χ0n) is 26.8. The topological polar surface area (TPSA) is 127 Å². The van der Waals surface area contributed by atoms with Crippen LogP contribution in [0.25, 0.3) is 22.2 Å². The van der Waals surface area contributed by atoms with Crippen molar-refractivity contribution in [1.29, 1.82) is 0 Å². The zero-order valence-corrected chi connectivity index (χ0v) is 26.8. The lowest BCUT2D eigenvalue weighted by Crippen LogP contribution is -2.42. The van der Waals surface area contributed by atoms with Gasteiger partial charge in [-0.2, -0.15) is 5.10 Å². The number of amides is 2. The molecule has 1 aliphatic heterocycles. The maximum Gasteiger partial charge on any atom is 0.235 e. The molecule has 46 heavy (non-hydrogen) atoms. The van der Waals surface area contributed by atoms with Crippen LogP contribution < -0.4 is 16.0 Å². The van der Waals surface area contributed by atoms with E-state index in [1.165, 1.54) is 0 Å². The molecular weight excluding hydrogens is 580 g/mol. The average molecular weight is 623 g/mol. The SMILES string of the molecule is CCc1nc2c(cnn2CC)c(NC2CCOCC2)c1CNC(=O)C1(C(=O)NCc2ccc(C)c(-c3cccc(C=O)c3)c2)CC1. The van der Waals surface area contributed by atoms with Crippen LogP contribution in [0.2, 0.25) is 0 Å². The Bertz CT molecular complexity index is 1770. The number of aldehydes is 1. The molecule has 3 N–H and O–H groups in total. The number of nitrogens with zero attached hydrogens (tertiary/aromatic N) is 3. The summed E-state index contributed by atoms with van der Waals surface area (Å²) in [5.74, 6) is -0.521. The third-order valence-electron chi connectivity index (χ3n) is 9.31. The van der Waals surface area contributed by atoms with Crippen LogP contribution in [-0.4, -0.2) is 52.1 Å². The van der Waals surface area contributed by atoms with Gasteiger partial charge in [0.1, 0.15) is 11.7 Å². The first-order valence-electron chi connectivity index (χ1n) is 16.3. The molecule has 3 heterocycles. The number of rotatable bonds is 12. The van der Waals surface area contributed by atoms with Crippen LogP contribution in [-0.2, 0) is 40.4 Å². The first kappa shape index (κ1) is 31.4. The molecule has 4 aromatic rings. The van der Waals surface area contributed by atoms with Crippen LogP contribution >= 0.6 is 0 Å². The van der Waals surface area contributed by atoms with Gasteiger partial charge in [-0.1, -0.05) is 37.3 Å². The normalized spacial score (nSPS) is 15.8. The predicted octanol–water partition coefficient (Wildman–Crippen LogP) is 5.11. The third kappa shape index (κ3) is 6.26. The van der Waals surface area contributed by atoms with Gasteiger partial charge in [-0.25, -0.2) is 9.67 Å². The van der Waals surface area contributed by atoms with Gasteiger partial charge in [-0.05, 0) is 80.3 Å². The van der Waals surface area contributed by atoms with Crippen LogP contribution in [0.5, 0.6) is 0 Å². The molecular formula is C36H42N6O4. The van der Waals surface area contributed by atoms with Crippen molar-refractivity contribution in [2.45, 2.75) is 78.6 Å². The number of carbonyl (C=O) groups excluding carboxylic acids is 3. The molecule has 0 spiro atoms. The van der Waals surface area contributed by atoms with E-state index in [4.69, 9.17) is 9.72 Å². The summed E-state index contributed by atoms with van der Waals surface area (Å²) < 4.78 is 7.48. The maximum absolute atomic E-state index is 13.6. The summed E-state index contributed by atoms with van der Waals surface area (Å²) in [4.78, 5) is 43.4. The molecule has 1 aliphatic carbocycles. The summed E-state index contributed by atoms with van der Waals surface area (Å²) in [6, 6.07) is 13.7. The van der Waals surface area contributed by atoms with Crippen molar-refractivity contribution in [2.24, 2.45) is 5.41 Å². The Hall–Kier alpha value is -4.57. The third-order valence-corrected chi connectivity index (χ3v) is 9.31. The number of nitrogens with one attached hydrogen (secondary N) is 3. The van der Waals surface area contributed by atoms with Crippen LogP contribution in [0.3, 0.4) is 0 Å². The van der Waals surface area contributed by atoms with Gasteiger partial charge in [-0.3, -0.25) is 14.4 Å². The molecule has 0 bridgehead atoms. The molecule has 10 nitrogen and oxygen atoms in total. The fourth-order valence-corrected chi connectivity index (χ4v) is 6.34. The number of aryl methyl sites for hydroxylation is 3. The second-order valence-electron chi connectivity index (χ2n) is 12.3. The van der Waals surface area contributed by atoms with E-state index in [1.54, 1.807) is 6.07 Å². The van der Waals surface area contributed by atoms with Crippen molar-refractivity contribution in [3.05, 3.63) is 76.6 Å². The van der Waals surface area contributed by atoms with E-state index >= 15 is 0 Å². The number of aromatic nitrogens is 3. The zero-order chi connectivity index (χ0) is 32.3. The molecule has 0 radical (unpaired) electrons. The van der Waals surface area contributed by atoms with Gasteiger partial charge in [0, 0.05) is 55.7 Å². The summed E-state index contributed by atoms with van der Waals surface area (Å²) >= 11 is 0. The second-order valence-corrected chi connectivity index (χ2v) is 12.3. The number of benzene rings is 2. The van der Waals surface area contributed by atoms with Gasteiger partial charge in [0.2, 0.25) is 11.8 Å². The molecule has 6 rings (SSSR count). The summed E-state index contributed by atoms with van der Waals surface area (Å²) in [5, 5.41) is 15.4. The fourth-order valence-electron chi connectivity index (χ4n) is 6.34. The average Bonchev–Trinajstić information content (AvgIpc) is 3.81. The van der Waals surface area contributed by atoms with Gasteiger partial charge in [0.15, 0.2) is 5.65 Å². The Balaban J connectivity index is 1.17. The Morgan fingerprint density at radius 3 is 2.50 bits per heavy atom. The molecule has 2 aromatic carbocycles. The van der Waals surface area contributed by atoms with Crippen molar-refractivity contribution in [2.75, 3.05) is 18.5 Å². The fraction of sp³-hybridized carbons (Fsp3) is 0.417. The number of fused-ring (bicyclic) bond motifs is 1. The lowest BCUT2D eigenvalue weighted by atomic mass is 9.96. The van der Waals surface area contributed by atoms with E-state index in [1.807, 2.05) is 61.1 Å². The summed E-state index contributed by atoms with van der Waals surface area (Å²) in [5.41, 5.74) is 7.11. The Labute approximate surface area is 269 Å². The summed E-state index contributed by atoms with van der Waals surface area (Å²) in [6.45, 7) is 8.83. The summed E-state index contributed by atoms with van der Waals surface area (Å²) in [6.07, 6.45) is 6.20. The van der Waals surface area contributed by atoms with Gasteiger partial charge in [0.25, 0.3) is 0 Å². The lowest BCUT2D eigenvalue weighted by molar-refractivity contribution is -0.137. The molecule has 2 aromatic heterocycles. The van der Waals surface area contributed by atoms with Gasteiger partial charge in [0.05, 0.1) is 17.3 Å². The number of pyridine rings is 1. The molecule has 2 fully saturated rings. The Morgan fingerprint density at radius 1 is 1.04 bits per heavy atom. The molecule has 2 amide bonds. The molecule has 1 saturated carbocycles. The highest BCUT2D eigenvalue weighted by atomic mass is 16.5. The molecule has 1 saturated heterocycles. The van der Waals surface area contributed by atoms with Crippen molar-refractivity contribution in [1.82, 2.24) is 25.4 Å². The van der Waals surface area contributed by atoms with E-state index in [-0.39, 0.29) is 24.4 Å². The molecule has 0 atom stereocenters. The molecule has 2 aliphatic rings. The monoisotopic (exact) mass is 622 g/mol. The number of anilines is 1. The van der Waals surface area contributed by atoms with E-state index in [9.17, 15) is 14.4 Å². The molecule has 0 unspecified atom stereocenters. The first-order valence-corrected chi connectivity index (χ1v) is 16.3.